The molecular weight excluding hydrogens is 352 g/mol. The number of nitrogens with zero attached hydrogens (tertiary/aromatic N) is 3. The molecule has 1 saturated heterocycles. The summed E-state index contributed by atoms with van der Waals surface area (Å²) in [5.74, 6) is 0.377. The maximum atomic E-state index is 12.5. The Morgan fingerprint density at radius 2 is 1.88 bits per heavy atom. The highest BCUT2D eigenvalue weighted by Gasteiger charge is 2.19. The number of aryl methyl sites for hydroxylation is 1. The molecule has 1 N–H and O–H groups in total. The standard InChI is InChI=1S/C19H23ClN4O2/c1-14-11-18(26)24(19(22-14)23-9-3-2-4-10-23)13-17(25)21-12-15-5-7-16(20)8-6-15/h5-8,11H,2-4,9-10,12-13H2,1H3,(H,21,25). The first kappa shape index (κ1) is 18.5. The summed E-state index contributed by atoms with van der Waals surface area (Å²) in [4.78, 5) is 31.5. The van der Waals surface area contributed by atoms with Gasteiger partial charge in [-0.1, -0.05) is 23.7 Å². The van der Waals surface area contributed by atoms with Crippen molar-refractivity contribution in [3.63, 3.8) is 0 Å². The predicted octanol–water partition coefficient (Wildman–Crippen LogP) is 2.51. The molecule has 1 aromatic carbocycles. The van der Waals surface area contributed by atoms with E-state index in [0.29, 0.717) is 23.2 Å². The van der Waals surface area contributed by atoms with Crippen molar-refractivity contribution in [1.82, 2.24) is 14.9 Å². The summed E-state index contributed by atoms with van der Waals surface area (Å²) < 4.78 is 1.47. The van der Waals surface area contributed by atoms with Crippen LogP contribution in [0.5, 0.6) is 0 Å². The summed E-state index contributed by atoms with van der Waals surface area (Å²) in [6.45, 7) is 3.89. The van der Waals surface area contributed by atoms with Crippen LogP contribution in [0.4, 0.5) is 5.95 Å². The maximum Gasteiger partial charge on any atom is 0.255 e. The molecule has 1 aromatic heterocycles. The van der Waals surface area contributed by atoms with Gasteiger partial charge in [0.1, 0.15) is 6.54 Å². The second-order valence-electron chi connectivity index (χ2n) is 6.57. The number of anilines is 1. The lowest BCUT2D eigenvalue weighted by Gasteiger charge is -2.29. The van der Waals surface area contributed by atoms with E-state index in [1.165, 1.54) is 17.1 Å². The Bertz CT molecular complexity index is 826. The van der Waals surface area contributed by atoms with E-state index >= 15 is 0 Å². The number of amides is 1. The van der Waals surface area contributed by atoms with Crippen molar-refractivity contribution in [2.24, 2.45) is 0 Å². The minimum Gasteiger partial charge on any atom is -0.350 e. The van der Waals surface area contributed by atoms with Crippen molar-refractivity contribution in [3.05, 3.63) is 57.0 Å². The largest absolute Gasteiger partial charge is 0.350 e. The molecule has 2 heterocycles. The first-order valence-corrected chi connectivity index (χ1v) is 9.25. The van der Waals surface area contributed by atoms with E-state index in [-0.39, 0.29) is 18.0 Å². The SMILES string of the molecule is Cc1cc(=O)n(CC(=O)NCc2ccc(Cl)cc2)c(N2CCCCC2)n1. The van der Waals surface area contributed by atoms with Gasteiger partial charge in [0.2, 0.25) is 11.9 Å². The van der Waals surface area contributed by atoms with Crippen LogP contribution in [0.15, 0.2) is 35.1 Å². The summed E-state index contributed by atoms with van der Waals surface area (Å²) in [6.07, 6.45) is 3.34. The van der Waals surface area contributed by atoms with Crippen molar-refractivity contribution < 1.29 is 4.79 Å². The number of rotatable bonds is 5. The molecule has 6 nitrogen and oxygen atoms in total. The Hall–Kier alpha value is -2.34. The van der Waals surface area contributed by atoms with Crippen LogP contribution < -0.4 is 15.8 Å². The molecule has 1 fully saturated rings. The lowest BCUT2D eigenvalue weighted by molar-refractivity contribution is -0.121. The van der Waals surface area contributed by atoms with Gasteiger partial charge in [-0.15, -0.1) is 0 Å². The molecule has 0 unspecified atom stereocenters. The number of hydrogen-bond donors (Lipinski definition) is 1. The van der Waals surface area contributed by atoms with E-state index in [1.807, 2.05) is 12.1 Å². The lowest BCUT2D eigenvalue weighted by Crippen LogP contribution is -2.39. The topological polar surface area (TPSA) is 67.2 Å². The van der Waals surface area contributed by atoms with Crippen LogP contribution >= 0.6 is 11.6 Å². The third-order valence-corrected chi connectivity index (χ3v) is 4.71. The summed E-state index contributed by atoms with van der Waals surface area (Å²) in [5.41, 5.74) is 1.43. The van der Waals surface area contributed by atoms with Crippen molar-refractivity contribution in [2.45, 2.75) is 39.3 Å². The van der Waals surface area contributed by atoms with Gasteiger partial charge >= 0.3 is 0 Å². The Morgan fingerprint density at radius 3 is 2.58 bits per heavy atom. The molecule has 3 rings (SSSR count). The lowest BCUT2D eigenvalue weighted by atomic mass is 10.1. The fourth-order valence-electron chi connectivity index (χ4n) is 3.09. The maximum absolute atomic E-state index is 12.5. The highest BCUT2D eigenvalue weighted by atomic mass is 35.5. The predicted molar refractivity (Wildman–Crippen MR) is 103 cm³/mol. The van der Waals surface area contributed by atoms with Crippen molar-refractivity contribution in [2.75, 3.05) is 18.0 Å². The molecule has 0 bridgehead atoms. The van der Waals surface area contributed by atoms with Gasteiger partial charge in [-0.3, -0.25) is 14.2 Å². The molecule has 1 aliphatic rings. The van der Waals surface area contributed by atoms with Crippen LogP contribution in [0.1, 0.15) is 30.5 Å². The van der Waals surface area contributed by atoms with E-state index in [4.69, 9.17) is 11.6 Å². The van der Waals surface area contributed by atoms with Gasteiger partial charge in [0, 0.05) is 36.4 Å². The molecule has 2 aromatic rings. The summed E-state index contributed by atoms with van der Waals surface area (Å²) in [7, 11) is 0. The molecule has 7 heteroatoms. The first-order chi connectivity index (χ1) is 12.5. The summed E-state index contributed by atoms with van der Waals surface area (Å²) in [6, 6.07) is 8.76. The van der Waals surface area contributed by atoms with Gasteiger partial charge in [0.05, 0.1) is 0 Å². The quantitative estimate of drug-likeness (QED) is 0.873. The highest BCUT2D eigenvalue weighted by molar-refractivity contribution is 6.30. The van der Waals surface area contributed by atoms with E-state index in [2.05, 4.69) is 15.2 Å². The fraction of sp³-hybridized carbons (Fsp3) is 0.421. The molecule has 0 spiro atoms. The minimum atomic E-state index is -0.217. The van der Waals surface area contributed by atoms with Gasteiger partial charge in [-0.25, -0.2) is 4.98 Å². The van der Waals surface area contributed by atoms with Crippen LogP contribution in [-0.4, -0.2) is 28.5 Å². The van der Waals surface area contributed by atoms with Gasteiger partial charge < -0.3 is 10.2 Å². The number of carbonyl (C=O) groups is 1. The zero-order valence-electron chi connectivity index (χ0n) is 14.9. The number of nitrogens with one attached hydrogen (secondary N) is 1. The molecule has 0 aliphatic carbocycles. The molecule has 1 aliphatic heterocycles. The van der Waals surface area contributed by atoms with Crippen molar-refractivity contribution >= 4 is 23.5 Å². The van der Waals surface area contributed by atoms with Gasteiger partial charge in [0.15, 0.2) is 0 Å². The molecule has 1 amide bonds. The Balaban J connectivity index is 1.72. The average molecular weight is 375 g/mol. The second kappa shape index (κ2) is 8.36. The number of piperidine rings is 1. The smallest absolute Gasteiger partial charge is 0.255 e. The van der Waals surface area contributed by atoms with Gasteiger partial charge in [-0.05, 0) is 43.9 Å². The zero-order valence-corrected chi connectivity index (χ0v) is 15.6. The van der Waals surface area contributed by atoms with Crippen LogP contribution in [0.2, 0.25) is 5.02 Å². The fourth-order valence-corrected chi connectivity index (χ4v) is 3.22. The third kappa shape index (κ3) is 4.64. The summed E-state index contributed by atoms with van der Waals surface area (Å²) in [5, 5.41) is 3.51. The molecule has 0 saturated carbocycles. The Labute approximate surface area is 157 Å². The average Bonchev–Trinajstić information content (AvgIpc) is 2.64. The van der Waals surface area contributed by atoms with Crippen LogP contribution in [0.25, 0.3) is 0 Å². The van der Waals surface area contributed by atoms with Gasteiger partial charge in [-0.2, -0.15) is 0 Å². The monoisotopic (exact) mass is 374 g/mol. The number of carbonyl (C=O) groups excluding carboxylic acids is 1. The van der Waals surface area contributed by atoms with E-state index in [1.54, 1.807) is 19.1 Å². The second-order valence-corrected chi connectivity index (χ2v) is 7.01. The van der Waals surface area contributed by atoms with Crippen LogP contribution in [-0.2, 0) is 17.9 Å². The number of hydrogen-bond acceptors (Lipinski definition) is 4. The molecule has 138 valence electrons. The normalized spacial score (nSPS) is 14.3. The minimum absolute atomic E-state index is 0.0362. The van der Waals surface area contributed by atoms with Crippen LogP contribution in [0, 0.1) is 6.92 Å². The van der Waals surface area contributed by atoms with Crippen molar-refractivity contribution in [1.29, 1.82) is 0 Å². The molecule has 26 heavy (non-hydrogen) atoms. The van der Waals surface area contributed by atoms with E-state index < -0.39 is 0 Å². The van der Waals surface area contributed by atoms with E-state index in [9.17, 15) is 9.59 Å². The number of halogens is 1. The van der Waals surface area contributed by atoms with E-state index in [0.717, 1.165) is 31.5 Å². The molecular formula is C19H23ClN4O2. The number of benzene rings is 1. The van der Waals surface area contributed by atoms with Gasteiger partial charge in [0.25, 0.3) is 5.56 Å². The molecule has 0 atom stereocenters. The number of aromatic nitrogens is 2. The van der Waals surface area contributed by atoms with Crippen LogP contribution in [0.3, 0.4) is 0 Å². The first-order valence-electron chi connectivity index (χ1n) is 8.87. The molecule has 0 radical (unpaired) electrons. The summed E-state index contributed by atoms with van der Waals surface area (Å²) >= 11 is 5.87. The Kier molecular flexibility index (Phi) is 5.93. The third-order valence-electron chi connectivity index (χ3n) is 4.46. The van der Waals surface area contributed by atoms with Crippen molar-refractivity contribution in [3.8, 4) is 0 Å². The zero-order chi connectivity index (χ0) is 18.5. The highest BCUT2D eigenvalue weighted by Crippen LogP contribution is 2.17. The Morgan fingerprint density at radius 1 is 1.19 bits per heavy atom.